The van der Waals surface area contributed by atoms with Crippen LogP contribution in [-0.2, 0) is 39.8 Å². The fourth-order valence-electron chi connectivity index (χ4n) is 7.79. The zero-order chi connectivity index (χ0) is 46.4. The third kappa shape index (κ3) is 12.1. The molecule has 6 aliphatic heterocycles. The zero-order valence-electron chi connectivity index (χ0n) is 38.9. The average Bonchev–Trinajstić information content (AvgIpc) is 4.03. The molecule has 1 aromatic carbocycles. The molecule has 21 heteroatoms. The van der Waals surface area contributed by atoms with Crippen molar-refractivity contribution in [2.24, 2.45) is 20.9 Å². The van der Waals surface area contributed by atoms with Crippen LogP contribution in [0.5, 0.6) is 5.75 Å². The Hall–Kier alpha value is -1.96. The Morgan fingerprint density at radius 1 is 0.571 bits per heavy atom. The highest BCUT2D eigenvalue weighted by molar-refractivity contribution is 8.15. The number of fused-ring (bicyclic) bond motifs is 3. The largest absolute Gasteiger partial charge is 0.497 e. The van der Waals surface area contributed by atoms with Crippen molar-refractivity contribution in [3.63, 3.8) is 0 Å². The number of hydrogen-bond acceptors (Lipinski definition) is 21. The van der Waals surface area contributed by atoms with Gasteiger partial charge in [0.2, 0.25) is 0 Å². The summed E-state index contributed by atoms with van der Waals surface area (Å²) < 4.78 is 45.6. The summed E-state index contributed by atoms with van der Waals surface area (Å²) in [5.74, 6) is 1.02. The number of thioether (sulfide) groups is 3. The number of aliphatic hydroxyl groups is 4. The summed E-state index contributed by atoms with van der Waals surface area (Å²) in [6.07, 6.45) is -5.48. The van der Waals surface area contributed by atoms with Gasteiger partial charge in [0.05, 0.1) is 44.2 Å². The number of methoxy groups -OCH3 is 4. The molecular weight excluding hydrogens is 877 g/mol. The van der Waals surface area contributed by atoms with Gasteiger partial charge in [-0.3, -0.25) is 15.0 Å². The van der Waals surface area contributed by atoms with Crippen molar-refractivity contribution in [1.29, 1.82) is 0 Å². The molecule has 18 nitrogen and oxygen atoms in total. The van der Waals surface area contributed by atoms with E-state index < -0.39 is 48.7 Å². The Labute approximate surface area is 385 Å². The Morgan fingerprint density at radius 3 is 1.32 bits per heavy atom. The van der Waals surface area contributed by atoms with Crippen LogP contribution in [0.15, 0.2) is 39.2 Å². The lowest BCUT2D eigenvalue weighted by atomic mass is 9.87. The van der Waals surface area contributed by atoms with Crippen molar-refractivity contribution in [2.75, 3.05) is 70.7 Å². The van der Waals surface area contributed by atoms with Crippen molar-refractivity contribution >= 4 is 50.8 Å². The summed E-state index contributed by atoms with van der Waals surface area (Å²) in [6.45, 7) is 8.38. The van der Waals surface area contributed by atoms with E-state index in [4.69, 9.17) is 42.9 Å². The number of aliphatic hydroxyl groups excluding tert-OH is 4. The van der Waals surface area contributed by atoms with E-state index in [1.54, 1.807) is 40.2 Å². The van der Waals surface area contributed by atoms with E-state index in [1.807, 2.05) is 95.1 Å². The van der Waals surface area contributed by atoms with E-state index in [9.17, 15) is 20.4 Å². The summed E-state index contributed by atoms with van der Waals surface area (Å²) in [7, 11) is 18.1. The summed E-state index contributed by atoms with van der Waals surface area (Å²) in [6, 6.07) is 7.14. The summed E-state index contributed by atoms with van der Waals surface area (Å²) in [5.41, 5.74) is 0.554. The molecule has 63 heavy (non-hydrogen) atoms. The van der Waals surface area contributed by atoms with Crippen molar-refractivity contribution < 1.29 is 58.3 Å². The van der Waals surface area contributed by atoms with Gasteiger partial charge in [0.25, 0.3) is 0 Å². The molecule has 7 rings (SSSR count). The lowest BCUT2D eigenvalue weighted by molar-refractivity contribution is -0.186. The maximum atomic E-state index is 10.1. The molecule has 6 heterocycles. The molecule has 0 saturated carbocycles. The Morgan fingerprint density at radius 2 is 0.937 bits per heavy atom. The minimum absolute atomic E-state index is 0.00274. The van der Waals surface area contributed by atoms with Gasteiger partial charge in [-0.2, -0.15) is 0 Å². The zero-order valence-corrected chi connectivity index (χ0v) is 41.3. The normalized spacial score (nSPS) is 36.9. The fraction of sp³-hybridized carbons (Fsp3) is 0.786. The predicted molar refractivity (Wildman–Crippen MR) is 248 cm³/mol. The summed E-state index contributed by atoms with van der Waals surface area (Å²) >= 11 is 4.60. The molecule has 6 aliphatic rings. The number of hydrogen-bond donors (Lipinski definition) is 4. The molecule has 3 fully saturated rings. The Bertz CT molecular complexity index is 1640. The molecule has 0 bridgehead atoms. The van der Waals surface area contributed by atoms with Crippen LogP contribution in [0.25, 0.3) is 0 Å². The molecule has 4 N–H and O–H groups in total. The number of nitrogens with zero attached hydrogens (tertiary/aromatic N) is 6. The molecule has 0 aliphatic carbocycles. The molecule has 0 aromatic heterocycles. The van der Waals surface area contributed by atoms with E-state index in [-0.39, 0.29) is 58.8 Å². The van der Waals surface area contributed by atoms with E-state index in [1.165, 1.54) is 23.5 Å². The van der Waals surface area contributed by atoms with Crippen LogP contribution in [0.4, 0.5) is 0 Å². The second-order valence-corrected chi connectivity index (χ2v) is 20.1. The van der Waals surface area contributed by atoms with Crippen LogP contribution in [0, 0.1) is 5.92 Å². The van der Waals surface area contributed by atoms with Crippen LogP contribution in [-0.4, -0.2) is 223 Å². The maximum Gasteiger partial charge on any atom is 0.161 e. The Kier molecular flexibility index (Phi) is 19.1. The van der Waals surface area contributed by atoms with Crippen LogP contribution >= 0.6 is 35.3 Å². The Balaban J connectivity index is 0.000000184. The topological polar surface area (TPSA) is 202 Å². The van der Waals surface area contributed by atoms with Crippen LogP contribution in [0.3, 0.4) is 0 Å². The third-order valence-corrected chi connectivity index (χ3v) is 15.8. The van der Waals surface area contributed by atoms with Gasteiger partial charge in [0.1, 0.15) is 76.8 Å². The van der Waals surface area contributed by atoms with Crippen molar-refractivity contribution in [3.05, 3.63) is 29.8 Å². The fourth-order valence-corrected chi connectivity index (χ4v) is 11.2. The quantitative estimate of drug-likeness (QED) is 0.265. The number of amidine groups is 3. The van der Waals surface area contributed by atoms with Gasteiger partial charge in [0, 0.05) is 69.5 Å². The first kappa shape index (κ1) is 52.0. The molecule has 18 atom stereocenters. The number of aliphatic imine (C=N–C) groups is 3. The molecule has 3 saturated heterocycles. The van der Waals surface area contributed by atoms with Gasteiger partial charge in [-0.15, -0.1) is 0 Å². The van der Waals surface area contributed by atoms with E-state index >= 15 is 0 Å². The van der Waals surface area contributed by atoms with E-state index in [0.717, 1.165) is 26.8 Å². The average molecular weight is 947 g/mol. The van der Waals surface area contributed by atoms with Crippen molar-refractivity contribution in [3.8, 4) is 5.75 Å². The first-order valence-corrected chi connectivity index (χ1v) is 23.8. The smallest absolute Gasteiger partial charge is 0.161 e. The van der Waals surface area contributed by atoms with Crippen LogP contribution in [0.1, 0.15) is 33.3 Å². The molecule has 358 valence electrons. The molecule has 0 amide bonds. The third-order valence-electron chi connectivity index (χ3n) is 11.9. The van der Waals surface area contributed by atoms with Gasteiger partial charge in [-0.25, -0.2) is 0 Å². The standard InChI is InChI=1S/C20H30N2O4S.2C11H20N2O4S/c1-12-17(13(2)23-5)26-19-16(21-20(27-19)22(3)4)18(12)25-11-14-7-9-15(24-6)10-8-14;2*1-5(16-4)9-8(15)7(14)6-10(17-9)18-11(12-6)13(2)3/h7-10,12-13,16-19H,11H2,1-6H3;2*5-10,14-15H,1-4H3/t12-,13?,16-,17+,18+,19-;5-,6+,7+,8-,9+,10+;5-,6-,7-,8+,9-,10-/m101/s1. The second kappa shape index (κ2) is 23.2. The molecule has 1 aromatic rings. The first-order chi connectivity index (χ1) is 29.8. The monoisotopic (exact) mass is 946 g/mol. The van der Waals surface area contributed by atoms with Crippen molar-refractivity contribution in [2.45, 2.75) is 136 Å². The first-order valence-electron chi connectivity index (χ1n) is 21.1. The summed E-state index contributed by atoms with van der Waals surface area (Å²) in [4.78, 5) is 19.5. The van der Waals surface area contributed by atoms with Gasteiger partial charge in [-0.05, 0) is 38.5 Å². The maximum absolute atomic E-state index is 10.1. The molecule has 0 radical (unpaired) electrons. The van der Waals surface area contributed by atoms with Gasteiger partial charge in [0.15, 0.2) is 15.5 Å². The molecule has 0 spiro atoms. The highest BCUT2D eigenvalue weighted by Gasteiger charge is 2.52. The predicted octanol–water partition coefficient (Wildman–Crippen LogP) is 2.01. The highest BCUT2D eigenvalue weighted by atomic mass is 32.2. The van der Waals surface area contributed by atoms with Gasteiger partial charge in [-0.1, -0.05) is 54.3 Å². The van der Waals surface area contributed by atoms with Gasteiger partial charge < -0.3 is 73.0 Å². The van der Waals surface area contributed by atoms with E-state index in [0.29, 0.717) is 6.61 Å². The number of benzene rings is 1. The molecule has 1 unspecified atom stereocenters. The van der Waals surface area contributed by atoms with Crippen LogP contribution < -0.4 is 4.74 Å². The SMILES string of the molecule is CO[C@@H](C)[C@H]1O[C@@H]2SC(N(C)C)=N[C@@H]2[C@@H](O)[C@@H]1O.CO[C@H](C)[C@H]1O[C@@H]2SC(N(C)C)=N[C@@H]2[C@@H](O)[C@@H]1O.COc1ccc(CO[C@H]2[C@H](C)[C@@H](C(C)OC)O[C@@H]3SC(N(C)C)=N[C@H]23)cc1. The second-order valence-electron chi connectivity index (χ2n) is 16.9. The minimum Gasteiger partial charge on any atom is -0.497 e. The number of rotatable bonds is 10. The van der Waals surface area contributed by atoms with E-state index in [2.05, 4.69) is 23.8 Å². The summed E-state index contributed by atoms with van der Waals surface area (Å²) in [5, 5.41) is 43.0. The highest BCUT2D eigenvalue weighted by Crippen LogP contribution is 2.43. The van der Waals surface area contributed by atoms with Gasteiger partial charge >= 0.3 is 0 Å². The molecular formula is C42H70N6O12S3. The minimum atomic E-state index is -0.980. The lowest BCUT2D eigenvalue weighted by Gasteiger charge is -2.43. The van der Waals surface area contributed by atoms with Crippen molar-refractivity contribution in [1.82, 2.24) is 14.7 Å². The lowest BCUT2D eigenvalue weighted by Crippen LogP contribution is -2.58. The number of ether oxygens (including phenoxy) is 8. The van der Waals surface area contributed by atoms with Crippen LogP contribution in [0.2, 0.25) is 0 Å².